The van der Waals surface area contributed by atoms with Crippen LogP contribution in [-0.2, 0) is 11.3 Å². The van der Waals surface area contributed by atoms with Crippen LogP contribution in [0.15, 0.2) is 73.1 Å². The highest BCUT2D eigenvalue weighted by Gasteiger charge is 2.31. The Morgan fingerprint density at radius 2 is 1.96 bits per heavy atom. The maximum atomic E-state index is 12.8. The smallest absolute Gasteiger partial charge is 0.268 e. The molecule has 6 nitrogen and oxygen atoms in total. The number of amides is 2. The van der Waals surface area contributed by atoms with Gasteiger partial charge in [-0.05, 0) is 42.8 Å². The Balaban J connectivity index is 1.63. The summed E-state index contributed by atoms with van der Waals surface area (Å²) < 4.78 is 5.74. The lowest BCUT2D eigenvalue weighted by atomic mass is 10.1. The van der Waals surface area contributed by atoms with E-state index in [2.05, 4.69) is 10.3 Å². The molecule has 6 heteroatoms. The van der Waals surface area contributed by atoms with Crippen molar-refractivity contribution in [1.29, 1.82) is 0 Å². The highest BCUT2D eigenvalue weighted by molar-refractivity contribution is 6.05. The Hall–Kier alpha value is -3.67. The molecule has 1 unspecified atom stereocenters. The van der Waals surface area contributed by atoms with Crippen molar-refractivity contribution in [3.05, 3.63) is 84.2 Å². The molecule has 0 saturated carbocycles. The average Bonchev–Trinajstić information content (AvgIpc) is 2.73. The molecule has 1 aromatic heterocycles. The average molecular weight is 373 g/mol. The predicted molar refractivity (Wildman–Crippen MR) is 106 cm³/mol. The summed E-state index contributed by atoms with van der Waals surface area (Å²) in [5, 5.41) is 2.85. The number of nitrogens with one attached hydrogen (secondary N) is 1. The van der Waals surface area contributed by atoms with Gasteiger partial charge in [0, 0.05) is 18.1 Å². The first-order valence-electron chi connectivity index (χ1n) is 8.99. The molecule has 4 rings (SSSR count). The Morgan fingerprint density at radius 3 is 2.71 bits per heavy atom. The summed E-state index contributed by atoms with van der Waals surface area (Å²) in [6, 6.07) is 18.5. The van der Waals surface area contributed by atoms with Gasteiger partial charge in [-0.2, -0.15) is 0 Å². The predicted octanol–water partition coefficient (Wildman–Crippen LogP) is 3.65. The first-order valence-corrected chi connectivity index (χ1v) is 8.99. The molecule has 0 saturated heterocycles. The fourth-order valence-electron chi connectivity index (χ4n) is 3.11. The molecule has 0 fully saturated rings. The molecule has 0 bridgehead atoms. The summed E-state index contributed by atoms with van der Waals surface area (Å²) in [7, 11) is 0. The van der Waals surface area contributed by atoms with E-state index in [0.29, 0.717) is 29.2 Å². The van der Waals surface area contributed by atoms with Crippen LogP contribution in [0, 0.1) is 0 Å². The fraction of sp³-hybridized carbons (Fsp3) is 0.136. The van der Waals surface area contributed by atoms with E-state index >= 15 is 0 Å². The van der Waals surface area contributed by atoms with E-state index in [1.54, 1.807) is 48.4 Å². The molecule has 0 radical (unpaired) electrons. The number of ether oxygens (including phenoxy) is 1. The number of hydrogen-bond donors (Lipinski definition) is 1. The largest absolute Gasteiger partial charge is 0.479 e. The molecule has 2 aromatic carbocycles. The van der Waals surface area contributed by atoms with Crippen molar-refractivity contribution in [3.63, 3.8) is 0 Å². The van der Waals surface area contributed by atoms with Gasteiger partial charge in [-0.25, -0.2) is 0 Å². The van der Waals surface area contributed by atoms with Crippen LogP contribution in [0.2, 0.25) is 0 Å². The van der Waals surface area contributed by atoms with Crippen LogP contribution in [0.25, 0.3) is 0 Å². The summed E-state index contributed by atoms with van der Waals surface area (Å²) in [6.45, 7) is 2.17. The van der Waals surface area contributed by atoms with Crippen molar-refractivity contribution >= 4 is 23.2 Å². The molecule has 28 heavy (non-hydrogen) atoms. The lowest BCUT2D eigenvalue weighted by Gasteiger charge is -2.33. The minimum atomic E-state index is -0.563. The molecule has 2 heterocycles. The number of nitrogens with zero attached hydrogens (tertiary/aromatic N) is 2. The second-order valence-corrected chi connectivity index (χ2v) is 6.55. The van der Waals surface area contributed by atoms with Gasteiger partial charge in [0.05, 0.1) is 17.8 Å². The quantitative estimate of drug-likeness (QED) is 0.758. The fourth-order valence-corrected chi connectivity index (χ4v) is 3.11. The molecule has 3 aromatic rings. The summed E-state index contributed by atoms with van der Waals surface area (Å²) in [6.07, 6.45) is 2.55. The molecule has 1 atom stereocenters. The number of rotatable bonds is 4. The van der Waals surface area contributed by atoms with Gasteiger partial charge < -0.3 is 15.0 Å². The summed E-state index contributed by atoms with van der Waals surface area (Å²) in [5.74, 6) is 0.230. The summed E-state index contributed by atoms with van der Waals surface area (Å²) in [5.41, 5.74) is 2.69. The second kappa shape index (κ2) is 7.52. The van der Waals surface area contributed by atoms with E-state index in [-0.39, 0.29) is 11.8 Å². The Morgan fingerprint density at radius 1 is 1.14 bits per heavy atom. The van der Waals surface area contributed by atoms with Crippen LogP contribution >= 0.6 is 0 Å². The number of aromatic nitrogens is 1. The normalized spacial score (nSPS) is 15.5. The molecule has 1 aliphatic rings. The third kappa shape index (κ3) is 3.57. The zero-order valence-corrected chi connectivity index (χ0v) is 15.3. The van der Waals surface area contributed by atoms with Crippen LogP contribution in [-0.4, -0.2) is 22.9 Å². The summed E-state index contributed by atoms with van der Waals surface area (Å²) >= 11 is 0. The van der Waals surface area contributed by atoms with Crippen molar-refractivity contribution in [2.45, 2.75) is 19.6 Å². The monoisotopic (exact) mass is 373 g/mol. The Labute approximate surface area is 162 Å². The number of fused-ring (bicyclic) bond motifs is 1. The lowest BCUT2D eigenvalue weighted by Crippen LogP contribution is -2.44. The maximum Gasteiger partial charge on any atom is 0.268 e. The standard InChI is InChI=1S/C22H19N3O3/c1-15-22(27)25(14-16-6-3-2-4-7-16)19-12-18(9-10-20(19)28-15)24-21(26)17-8-5-11-23-13-17/h2-13,15H,14H2,1H3,(H,24,26). The van der Waals surface area contributed by atoms with Crippen molar-refractivity contribution in [3.8, 4) is 5.75 Å². The van der Waals surface area contributed by atoms with E-state index in [4.69, 9.17) is 4.74 Å². The summed E-state index contributed by atoms with van der Waals surface area (Å²) in [4.78, 5) is 30.8. The maximum absolute atomic E-state index is 12.8. The Kier molecular flexibility index (Phi) is 4.76. The molecule has 1 N–H and O–H groups in total. The van der Waals surface area contributed by atoms with Gasteiger partial charge in [-0.15, -0.1) is 0 Å². The first kappa shape index (κ1) is 17.7. The number of benzene rings is 2. The van der Waals surface area contributed by atoms with Gasteiger partial charge in [0.25, 0.3) is 11.8 Å². The van der Waals surface area contributed by atoms with E-state index < -0.39 is 6.10 Å². The van der Waals surface area contributed by atoms with Gasteiger partial charge in [0.2, 0.25) is 0 Å². The highest BCUT2D eigenvalue weighted by Crippen LogP contribution is 2.37. The van der Waals surface area contributed by atoms with E-state index in [9.17, 15) is 9.59 Å². The molecule has 0 aliphatic carbocycles. The number of carbonyl (C=O) groups is 2. The van der Waals surface area contributed by atoms with Gasteiger partial charge in [0.15, 0.2) is 6.10 Å². The van der Waals surface area contributed by atoms with E-state index in [1.165, 1.54) is 6.20 Å². The zero-order chi connectivity index (χ0) is 19.5. The molecular formula is C22H19N3O3. The van der Waals surface area contributed by atoms with Crippen LogP contribution in [0.3, 0.4) is 0 Å². The lowest BCUT2D eigenvalue weighted by molar-refractivity contribution is -0.125. The SMILES string of the molecule is CC1Oc2ccc(NC(=O)c3cccnc3)cc2N(Cc2ccccc2)C1=O. The van der Waals surface area contributed by atoms with Crippen LogP contribution in [0.5, 0.6) is 5.75 Å². The number of anilines is 2. The van der Waals surface area contributed by atoms with Crippen LogP contribution in [0.4, 0.5) is 11.4 Å². The van der Waals surface area contributed by atoms with E-state index in [1.807, 2.05) is 30.3 Å². The zero-order valence-electron chi connectivity index (χ0n) is 15.3. The second-order valence-electron chi connectivity index (χ2n) is 6.55. The molecule has 140 valence electrons. The topological polar surface area (TPSA) is 71.5 Å². The molecule has 2 amide bonds. The van der Waals surface area contributed by atoms with Gasteiger partial charge in [0.1, 0.15) is 5.75 Å². The van der Waals surface area contributed by atoms with Crippen molar-refractivity contribution in [2.75, 3.05) is 10.2 Å². The van der Waals surface area contributed by atoms with Gasteiger partial charge in [-0.3, -0.25) is 14.6 Å². The molecule has 0 spiro atoms. The third-order valence-corrected chi connectivity index (χ3v) is 4.53. The first-order chi connectivity index (χ1) is 13.6. The Bertz CT molecular complexity index is 1010. The van der Waals surface area contributed by atoms with Crippen molar-refractivity contribution < 1.29 is 14.3 Å². The molecule has 1 aliphatic heterocycles. The third-order valence-electron chi connectivity index (χ3n) is 4.53. The highest BCUT2D eigenvalue weighted by atomic mass is 16.5. The van der Waals surface area contributed by atoms with Crippen molar-refractivity contribution in [1.82, 2.24) is 4.98 Å². The molecular weight excluding hydrogens is 354 g/mol. The number of carbonyl (C=O) groups excluding carboxylic acids is 2. The van der Waals surface area contributed by atoms with Crippen molar-refractivity contribution in [2.24, 2.45) is 0 Å². The number of pyridine rings is 1. The van der Waals surface area contributed by atoms with Crippen LogP contribution in [0.1, 0.15) is 22.8 Å². The van der Waals surface area contributed by atoms with Gasteiger partial charge >= 0.3 is 0 Å². The number of hydrogen-bond acceptors (Lipinski definition) is 4. The van der Waals surface area contributed by atoms with Crippen LogP contribution < -0.4 is 15.0 Å². The minimum Gasteiger partial charge on any atom is -0.479 e. The van der Waals surface area contributed by atoms with Gasteiger partial charge in [-0.1, -0.05) is 30.3 Å². The minimum absolute atomic E-state index is 0.118. The van der Waals surface area contributed by atoms with E-state index in [0.717, 1.165) is 5.56 Å².